The Labute approximate surface area is 103 Å². The standard InChI is InChI=1S/C10H11Cl2NO3/c11-7-2-1-6(8(12)3-7)4-16-5-9(13)10(14)15/h1-3,9H,4-5,13H2,(H,14,15). The molecule has 0 spiro atoms. The highest BCUT2D eigenvalue weighted by molar-refractivity contribution is 6.35. The van der Waals surface area contributed by atoms with Crippen molar-refractivity contribution in [1.82, 2.24) is 0 Å². The summed E-state index contributed by atoms with van der Waals surface area (Å²) in [6, 6.07) is 3.98. The van der Waals surface area contributed by atoms with Crippen molar-refractivity contribution < 1.29 is 14.6 Å². The van der Waals surface area contributed by atoms with Crippen LogP contribution >= 0.6 is 23.2 Å². The van der Waals surface area contributed by atoms with Gasteiger partial charge in [-0.25, -0.2) is 0 Å². The van der Waals surface area contributed by atoms with Crippen LogP contribution in [-0.4, -0.2) is 23.7 Å². The minimum atomic E-state index is -1.10. The average molecular weight is 264 g/mol. The van der Waals surface area contributed by atoms with Crippen molar-refractivity contribution in [2.45, 2.75) is 12.6 Å². The van der Waals surface area contributed by atoms with Gasteiger partial charge in [0.05, 0.1) is 13.2 Å². The predicted octanol–water partition coefficient (Wildman–Crippen LogP) is 1.92. The summed E-state index contributed by atoms with van der Waals surface area (Å²) in [7, 11) is 0. The number of halogens is 2. The number of carboxylic acids is 1. The van der Waals surface area contributed by atoms with E-state index in [2.05, 4.69) is 0 Å². The van der Waals surface area contributed by atoms with Gasteiger partial charge in [0, 0.05) is 10.0 Å². The van der Waals surface area contributed by atoms with Gasteiger partial charge < -0.3 is 15.6 Å². The summed E-state index contributed by atoms with van der Waals surface area (Å²) in [5, 5.41) is 9.54. The largest absolute Gasteiger partial charge is 0.480 e. The van der Waals surface area contributed by atoms with Crippen LogP contribution in [0.1, 0.15) is 5.56 Å². The molecule has 0 aromatic heterocycles. The Kier molecular flexibility index (Phi) is 5.02. The van der Waals surface area contributed by atoms with Crippen molar-refractivity contribution in [2.24, 2.45) is 5.73 Å². The quantitative estimate of drug-likeness (QED) is 0.852. The molecule has 1 atom stereocenters. The van der Waals surface area contributed by atoms with E-state index in [9.17, 15) is 4.79 Å². The van der Waals surface area contributed by atoms with Crippen LogP contribution in [0, 0.1) is 0 Å². The number of carboxylic acid groups (broad SMARTS) is 1. The van der Waals surface area contributed by atoms with Crippen LogP contribution in [-0.2, 0) is 16.1 Å². The Hall–Kier alpha value is -0.810. The lowest BCUT2D eigenvalue weighted by Gasteiger charge is -2.09. The van der Waals surface area contributed by atoms with E-state index in [1.54, 1.807) is 18.2 Å². The smallest absolute Gasteiger partial charge is 0.322 e. The van der Waals surface area contributed by atoms with Crippen LogP contribution in [0.4, 0.5) is 0 Å². The molecule has 1 aromatic carbocycles. The van der Waals surface area contributed by atoms with E-state index in [1.807, 2.05) is 0 Å². The second kappa shape index (κ2) is 6.06. The first kappa shape index (κ1) is 13.3. The molecular weight excluding hydrogens is 253 g/mol. The van der Waals surface area contributed by atoms with Crippen LogP contribution in [0.25, 0.3) is 0 Å². The van der Waals surface area contributed by atoms with Gasteiger partial charge in [0.25, 0.3) is 0 Å². The van der Waals surface area contributed by atoms with E-state index in [4.69, 9.17) is 38.8 Å². The van der Waals surface area contributed by atoms with Crippen molar-refractivity contribution in [1.29, 1.82) is 0 Å². The highest BCUT2D eigenvalue weighted by atomic mass is 35.5. The topological polar surface area (TPSA) is 72.5 Å². The molecule has 3 N–H and O–H groups in total. The number of carbonyl (C=O) groups is 1. The molecule has 0 aliphatic heterocycles. The fourth-order valence-corrected chi connectivity index (χ4v) is 1.47. The lowest BCUT2D eigenvalue weighted by molar-refractivity contribution is -0.140. The number of nitrogens with two attached hydrogens (primary N) is 1. The Morgan fingerprint density at radius 1 is 1.50 bits per heavy atom. The first-order chi connectivity index (χ1) is 7.50. The van der Waals surface area contributed by atoms with Gasteiger partial charge in [-0.2, -0.15) is 0 Å². The number of benzene rings is 1. The van der Waals surface area contributed by atoms with Gasteiger partial charge in [-0.1, -0.05) is 29.3 Å². The molecular formula is C10H11Cl2NO3. The molecule has 4 nitrogen and oxygen atoms in total. The number of rotatable bonds is 5. The first-order valence-electron chi connectivity index (χ1n) is 4.50. The molecule has 0 aliphatic carbocycles. The summed E-state index contributed by atoms with van der Waals surface area (Å²) in [5.74, 6) is -1.10. The zero-order valence-electron chi connectivity index (χ0n) is 8.32. The van der Waals surface area contributed by atoms with Gasteiger partial charge in [-0.15, -0.1) is 0 Å². The number of aliphatic carboxylic acids is 1. The highest BCUT2D eigenvalue weighted by Gasteiger charge is 2.11. The van der Waals surface area contributed by atoms with Crippen molar-refractivity contribution in [3.63, 3.8) is 0 Å². The highest BCUT2D eigenvalue weighted by Crippen LogP contribution is 2.21. The number of hydrogen-bond acceptors (Lipinski definition) is 3. The zero-order chi connectivity index (χ0) is 12.1. The van der Waals surface area contributed by atoms with Crippen molar-refractivity contribution in [3.05, 3.63) is 33.8 Å². The molecule has 1 unspecified atom stereocenters. The van der Waals surface area contributed by atoms with Crippen molar-refractivity contribution >= 4 is 29.2 Å². The fraction of sp³-hybridized carbons (Fsp3) is 0.300. The second-order valence-corrected chi connectivity index (χ2v) is 4.04. The average Bonchev–Trinajstić information content (AvgIpc) is 2.20. The molecule has 16 heavy (non-hydrogen) atoms. The fourth-order valence-electron chi connectivity index (χ4n) is 1.01. The Bertz CT molecular complexity index is 384. The van der Waals surface area contributed by atoms with Gasteiger partial charge in [0.1, 0.15) is 6.04 Å². The van der Waals surface area contributed by atoms with Gasteiger partial charge in [0.2, 0.25) is 0 Å². The Morgan fingerprint density at radius 2 is 2.19 bits per heavy atom. The Morgan fingerprint density at radius 3 is 2.75 bits per heavy atom. The van der Waals surface area contributed by atoms with Gasteiger partial charge in [-0.3, -0.25) is 4.79 Å². The third-order valence-electron chi connectivity index (χ3n) is 1.89. The summed E-state index contributed by atoms with van der Waals surface area (Å²) in [6.45, 7) is 0.144. The lowest BCUT2D eigenvalue weighted by Crippen LogP contribution is -2.34. The minimum Gasteiger partial charge on any atom is -0.480 e. The molecule has 0 aliphatic rings. The minimum absolute atomic E-state index is 0.0612. The molecule has 0 saturated heterocycles. The van der Waals surface area contributed by atoms with Crippen molar-refractivity contribution in [3.8, 4) is 0 Å². The second-order valence-electron chi connectivity index (χ2n) is 3.20. The number of ether oxygens (including phenoxy) is 1. The Balaban J connectivity index is 2.46. The van der Waals surface area contributed by atoms with E-state index in [0.29, 0.717) is 10.0 Å². The van der Waals surface area contributed by atoms with Crippen molar-refractivity contribution in [2.75, 3.05) is 6.61 Å². The lowest BCUT2D eigenvalue weighted by atomic mass is 10.2. The molecule has 0 radical (unpaired) electrons. The summed E-state index contributed by atoms with van der Waals surface area (Å²) in [6.07, 6.45) is 0. The number of hydrogen-bond donors (Lipinski definition) is 2. The third-order valence-corrected chi connectivity index (χ3v) is 2.47. The van der Waals surface area contributed by atoms with Crippen LogP contribution in [0.15, 0.2) is 18.2 Å². The van der Waals surface area contributed by atoms with E-state index in [-0.39, 0.29) is 13.2 Å². The monoisotopic (exact) mass is 263 g/mol. The summed E-state index contributed by atoms with van der Waals surface area (Å²) in [4.78, 5) is 10.4. The third kappa shape index (κ3) is 3.98. The van der Waals surface area contributed by atoms with Crippen LogP contribution in [0.5, 0.6) is 0 Å². The maximum Gasteiger partial charge on any atom is 0.322 e. The molecule has 0 saturated carbocycles. The van der Waals surface area contributed by atoms with Gasteiger partial charge >= 0.3 is 5.97 Å². The maximum atomic E-state index is 10.4. The summed E-state index contributed by atoms with van der Waals surface area (Å²) >= 11 is 11.6. The van der Waals surface area contributed by atoms with E-state index < -0.39 is 12.0 Å². The normalized spacial score (nSPS) is 12.4. The van der Waals surface area contributed by atoms with Crippen LogP contribution in [0.3, 0.4) is 0 Å². The van der Waals surface area contributed by atoms with E-state index >= 15 is 0 Å². The summed E-state index contributed by atoms with van der Waals surface area (Å²) in [5.41, 5.74) is 6.00. The SMILES string of the molecule is NC(COCc1ccc(Cl)cc1Cl)C(=O)O. The molecule has 88 valence electrons. The molecule has 1 aromatic rings. The van der Waals surface area contributed by atoms with Gasteiger partial charge in [-0.05, 0) is 17.7 Å². The molecule has 0 bridgehead atoms. The van der Waals surface area contributed by atoms with E-state index in [1.165, 1.54) is 0 Å². The summed E-state index contributed by atoms with van der Waals surface area (Å²) < 4.78 is 5.13. The first-order valence-corrected chi connectivity index (χ1v) is 5.26. The van der Waals surface area contributed by atoms with Crippen LogP contribution < -0.4 is 5.73 Å². The van der Waals surface area contributed by atoms with Crippen LogP contribution in [0.2, 0.25) is 10.0 Å². The molecule has 0 fully saturated rings. The molecule has 1 rings (SSSR count). The molecule has 0 amide bonds. The zero-order valence-corrected chi connectivity index (χ0v) is 9.83. The molecule has 0 heterocycles. The maximum absolute atomic E-state index is 10.4. The molecule has 6 heteroatoms. The van der Waals surface area contributed by atoms with E-state index in [0.717, 1.165) is 5.56 Å². The predicted molar refractivity (Wildman–Crippen MR) is 61.7 cm³/mol. The van der Waals surface area contributed by atoms with Gasteiger partial charge in [0.15, 0.2) is 0 Å².